The molecule has 0 saturated heterocycles. The van der Waals surface area contributed by atoms with Gasteiger partial charge >= 0.3 is 0 Å². The van der Waals surface area contributed by atoms with Crippen LogP contribution in [0.1, 0.15) is 22.5 Å². The minimum absolute atomic E-state index is 0. The summed E-state index contributed by atoms with van der Waals surface area (Å²) in [5, 5.41) is 3.47. The molecule has 0 saturated carbocycles. The van der Waals surface area contributed by atoms with Crippen LogP contribution in [-0.4, -0.2) is 14.4 Å². The molecular weight excluding hydrogens is 595 g/mol. The molecule has 1 radical (unpaired) electrons. The molecule has 3 nitrogen and oxygen atoms in total. The quantitative estimate of drug-likeness (QED) is 0.150. The second-order valence-electron chi connectivity index (χ2n) is 8.89. The number of pyridine rings is 2. The third kappa shape index (κ3) is 3.46. The summed E-state index contributed by atoms with van der Waals surface area (Å²) in [7, 11) is 0. The van der Waals surface area contributed by atoms with E-state index in [0.29, 0.717) is 0 Å². The maximum absolute atomic E-state index is 5.15. The summed E-state index contributed by atoms with van der Waals surface area (Å²) in [5.41, 5.74) is 11.1. The van der Waals surface area contributed by atoms with E-state index >= 15 is 0 Å². The molecule has 6 aromatic rings. The molecule has 34 heavy (non-hydrogen) atoms. The van der Waals surface area contributed by atoms with E-state index in [9.17, 15) is 0 Å². The van der Waals surface area contributed by atoms with Gasteiger partial charge in [-0.2, -0.15) is 0 Å². The first-order valence-electron chi connectivity index (χ1n) is 11.3. The van der Waals surface area contributed by atoms with E-state index in [1.54, 1.807) is 0 Å². The molecule has 0 aliphatic heterocycles. The van der Waals surface area contributed by atoms with Crippen molar-refractivity contribution in [3.8, 4) is 22.4 Å². The van der Waals surface area contributed by atoms with E-state index in [4.69, 9.17) is 4.98 Å². The van der Waals surface area contributed by atoms with Crippen molar-refractivity contribution in [2.24, 2.45) is 0 Å². The number of fused-ring (bicyclic) bond motifs is 6. The third-order valence-corrected chi connectivity index (χ3v) is 6.49. The van der Waals surface area contributed by atoms with Gasteiger partial charge in [0.15, 0.2) is 0 Å². The van der Waals surface area contributed by atoms with Crippen molar-refractivity contribution in [1.29, 1.82) is 0 Å². The molecule has 169 valence electrons. The second-order valence-corrected chi connectivity index (χ2v) is 8.89. The van der Waals surface area contributed by atoms with E-state index in [0.717, 1.165) is 33.7 Å². The van der Waals surface area contributed by atoms with Crippen molar-refractivity contribution in [2.45, 2.75) is 27.7 Å². The molecule has 0 fully saturated rings. The number of nitrogens with zero attached hydrogens (tertiary/aromatic N) is 3. The van der Waals surface area contributed by atoms with E-state index < -0.39 is 0 Å². The van der Waals surface area contributed by atoms with Gasteiger partial charge in [0.1, 0.15) is 0 Å². The van der Waals surface area contributed by atoms with Gasteiger partial charge in [-0.3, -0.25) is 9.97 Å². The molecule has 6 rings (SSSR count). The van der Waals surface area contributed by atoms with Crippen LogP contribution >= 0.6 is 0 Å². The first kappa shape index (κ1) is 22.5. The van der Waals surface area contributed by atoms with Crippen LogP contribution in [0.4, 0.5) is 0 Å². The van der Waals surface area contributed by atoms with Crippen LogP contribution in [0.25, 0.3) is 49.7 Å². The fourth-order valence-corrected chi connectivity index (χ4v) is 5.08. The minimum Gasteiger partial charge on any atom is -0.339 e. The number of rotatable bonds is 2. The number of imidazole rings is 1. The molecule has 0 aliphatic carbocycles. The molecule has 0 bridgehead atoms. The molecule has 0 atom stereocenters. The summed E-state index contributed by atoms with van der Waals surface area (Å²) in [6.07, 6.45) is 2.16. The molecule has 3 heterocycles. The number of aromatic nitrogens is 3. The third-order valence-electron chi connectivity index (χ3n) is 6.49. The van der Waals surface area contributed by atoms with Gasteiger partial charge in [0.05, 0.1) is 11.3 Å². The maximum atomic E-state index is 5.15. The van der Waals surface area contributed by atoms with Crippen LogP contribution < -0.4 is 0 Å². The normalized spacial score (nSPS) is 11.3. The molecule has 0 spiro atoms. The topological polar surface area (TPSA) is 30.2 Å². The molecule has 4 heteroatoms. The SMILES string of the molecule is Cc1cc(-c2cn3c(n2)c2[c-]ccc(-c4ccccc4C)c2c2cccc(C)c23)cc(C)n1.[Ir]. The summed E-state index contributed by atoms with van der Waals surface area (Å²) in [5.74, 6) is 0. The molecular formula is C30H24IrN3-. The largest absolute Gasteiger partial charge is 0.339 e. The molecule has 0 aliphatic rings. The van der Waals surface area contributed by atoms with E-state index in [-0.39, 0.29) is 20.1 Å². The number of hydrogen-bond donors (Lipinski definition) is 0. The fraction of sp³-hybridized carbons (Fsp3) is 0.133. The molecule has 3 aromatic heterocycles. The van der Waals surface area contributed by atoms with Crippen molar-refractivity contribution < 1.29 is 20.1 Å². The maximum Gasteiger partial charge on any atom is 0.0773 e. The zero-order valence-electron chi connectivity index (χ0n) is 19.6. The number of benzene rings is 3. The minimum atomic E-state index is 0. The Morgan fingerprint density at radius 1 is 0.765 bits per heavy atom. The summed E-state index contributed by atoms with van der Waals surface area (Å²) >= 11 is 0. The Bertz CT molecular complexity index is 1690. The zero-order valence-corrected chi connectivity index (χ0v) is 22.0. The van der Waals surface area contributed by atoms with Crippen LogP contribution in [0.5, 0.6) is 0 Å². The molecule has 0 unspecified atom stereocenters. The smallest absolute Gasteiger partial charge is 0.0773 e. The summed E-state index contributed by atoms with van der Waals surface area (Å²) in [6.45, 7) is 8.41. The van der Waals surface area contributed by atoms with E-state index in [1.807, 2.05) is 19.9 Å². The van der Waals surface area contributed by atoms with Gasteiger partial charge in [-0.1, -0.05) is 58.8 Å². The molecule has 3 aromatic carbocycles. The van der Waals surface area contributed by atoms with Gasteiger partial charge < -0.3 is 4.40 Å². The fourth-order valence-electron chi connectivity index (χ4n) is 5.08. The Morgan fingerprint density at radius 3 is 2.26 bits per heavy atom. The Morgan fingerprint density at radius 2 is 1.50 bits per heavy atom. The van der Waals surface area contributed by atoms with Crippen molar-refractivity contribution in [3.05, 3.63) is 102 Å². The second kappa shape index (κ2) is 8.47. The first-order valence-corrected chi connectivity index (χ1v) is 11.3. The van der Waals surface area contributed by atoms with Gasteiger partial charge in [-0.25, -0.2) is 0 Å². The van der Waals surface area contributed by atoms with Gasteiger partial charge in [0.2, 0.25) is 0 Å². The Labute approximate surface area is 212 Å². The van der Waals surface area contributed by atoms with Gasteiger partial charge in [0.25, 0.3) is 0 Å². The van der Waals surface area contributed by atoms with Crippen molar-refractivity contribution in [3.63, 3.8) is 0 Å². The monoisotopic (exact) mass is 619 g/mol. The van der Waals surface area contributed by atoms with Crippen molar-refractivity contribution in [2.75, 3.05) is 0 Å². The number of aryl methyl sites for hydroxylation is 4. The standard InChI is InChI=1S/C30H24N3.Ir/c1-18-9-5-6-11-23(18)24-12-8-14-26-28(24)25-13-7-10-19(2)29(25)33-17-27(32-30(26)33)22-15-20(3)31-21(4)16-22;/h5-13,15-17H,1-4H3;/q-1;. The Balaban J connectivity index is 0.00000241. The predicted molar refractivity (Wildman–Crippen MR) is 137 cm³/mol. The van der Waals surface area contributed by atoms with Crippen molar-refractivity contribution in [1.82, 2.24) is 14.4 Å². The predicted octanol–water partition coefficient (Wildman–Crippen LogP) is 7.40. The molecule has 0 N–H and O–H groups in total. The molecule has 0 amide bonds. The van der Waals surface area contributed by atoms with Gasteiger partial charge in [-0.05, 0) is 61.9 Å². The van der Waals surface area contributed by atoms with Crippen molar-refractivity contribution >= 4 is 27.3 Å². The number of para-hydroxylation sites is 1. The van der Waals surface area contributed by atoms with Crippen LogP contribution in [0.15, 0.2) is 72.9 Å². The van der Waals surface area contributed by atoms with Crippen LogP contribution in [0.3, 0.4) is 0 Å². The Kier molecular flexibility index (Phi) is 5.59. The van der Waals surface area contributed by atoms with E-state index in [2.05, 4.69) is 96.2 Å². The summed E-state index contributed by atoms with van der Waals surface area (Å²) < 4.78 is 2.24. The first-order chi connectivity index (χ1) is 16.0. The van der Waals surface area contributed by atoms with Gasteiger partial charge in [-0.15, -0.1) is 18.2 Å². The summed E-state index contributed by atoms with van der Waals surface area (Å²) in [6, 6.07) is 27.1. The number of hydrogen-bond acceptors (Lipinski definition) is 2. The summed E-state index contributed by atoms with van der Waals surface area (Å²) in [4.78, 5) is 9.69. The zero-order chi connectivity index (χ0) is 22.7. The van der Waals surface area contributed by atoms with Crippen LogP contribution in [0.2, 0.25) is 0 Å². The van der Waals surface area contributed by atoms with Gasteiger partial charge in [0, 0.05) is 48.8 Å². The average Bonchev–Trinajstić information content (AvgIpc) is 3.24. The average molecular weight is 619 g/mol. The van der Waals surface area contributed by atoms with E-state index in [1.165, 1.54) is 38.5 Å². The van der Waals surface area contributed by atoms with Crippen LogP contribution in [-0.2, 0) is 20.1 Å². The van der Waals surface area contributed by atoms with Crippen LogP contribution in [0, 0.1) is 33.8 Å². The Hall–Kier alpha value is -3.33.